The maximum atomic E-state index is 12.0. The summed E-state index contributed by atoms with van der Waals surface area (Å²) >= 11 is 11.9. The summed E-state index contributed by atoms with van der Waals surface area (Å²) in [6.07, 6.45) is 0.326. The fourth-order valence-corrected chi connectivity index (χ4v) is 3.33. The summed E-state index contributed by atoms with van der Waals surface area (Å²) in [4.78, 5) is -0.131. The summed E-state index contributed by atoms with van der Waals surface area (Å²) in [6.45, 7) is -0.0401. The molecule has 0 aromatic heterocycles. The molecule has 1 rings (SSSR count). The Morgan fingerprint density at radius 2 is 1.79 bits per heavy atom. The molecule has 19 heavy (non-hydrogen) atoms. The highest BCUT2D eigenvalue weighted by atomic mass is 35.5. The molecule has 0 heterocycles. The lowest BCUT2D eigenvalue weighted by Gasteiger charge is -2.14. The van der Waals surface area contributed by atoms with E-state index >= 15 is 0 Å². The number of hydrogen-bond acceptors (Lipinski definition) is 3. The van der Waals surface area contributed by atoms with Crippen LogP contribution in [0.2, 0.25) is 10.0 Å². The van der Waals surface area contributed by atoms with Crippen LogP contribution in [0, 0.1) is 11.8 Å². The third-order valence-corrected chi connectivity index (χ3v) is 4.94. The molecule has 0 aliphatic carbocycles. The predicted molar refractivity (Wildman–Crippen MR) is 75.9 cm³/mol. The fraction of sp³-hybridized carbons (Fsp3) is 0.333. The molecule has 1 aromatic rings. The van der Waals surface area contributed by atoms with Gasteiger partial charge in [0.25, 0.3) is 0 Å². The van der Waals surface area contributed by atoms with Gasteiger partial charge in [-0.2, -0.15) is 0 Å². The molecule has 0 fully saturated rings. The monoisotopic (exact) mass is 321 g/mol. The number of aliphatic hydroxyl groups is 1. The van der Waals surface area contributed by atoms with Crippen LogP contribution < -0.4 is 0 Å². The lowest BCUT2D eigenvalue weighted by Crippen LogP contribution is -2.23. The second-order valence-corrected chi connectivity index (χ2v) is 6.73. The van der Waals surface area contributed by atoms with Gasteiger partial charge in [0.2, 0.25) is 10.0 Å². The minimum atomic E-state index is -3.70. The van der Waals surface area contributed by atoms with Gasteiger partial charge >= 0.3 is 0 Å². The molecule has 0 saturated carbocycles. The molecule has 0 bridgehead atoms. The second-order valence-electron chi connectivity index (χ2n) is 3.83. The smallest absolute Gasteiger partial charge is 0.245 e. The molecule has 0 atom stereocenters. The number of aliphatic hydroxyl groups excluding tert-OH is 1. The molecule has 0 spiro atoms. The van der Waals surface area contributed by atoms with Crippen LogP contribution in [0.25, 0.3) is 0 Å². The van der Waals surface area contributed by atoms with E-state index in [9.17, 15) is 8.42 Å². The first-order chi connectivity index (χ1) is 8.80. The van der Waals surface area contributed by atoms with Gasteiger partial charge < -0.3 is 5.11 Å². The first kappa shape index (κ1) is 16.3. The van der Waals surface area contributed by atoms with Crippen LogP contribution >= 0.6 is 23.2 Å². The highest BCUT2D eigenvalue weighted by Gasteiger charge is 2.24. The van der Waals surface area contributed by atoms with Crippen molar-refractivity contribution in [3.8, 4) is 11.8 Å². The van der Waals surface area contributed by atoms with Gasteiger partial charge in [-0.05, 0) is 12.1 Å². The predicted octanol–water partition coefficient (Wildman–Crippen LogP) is 1.98. The van der Waals surface area contributed by atoms with Crippen LogP contribution in [0.4, 0.5) is 0 Å². The zero-order chi connectivity index (χ0) is 14.6. The van der Waals surface area contributed by atoms with Crippen molar-refractivity contribution in [1.82, 2.24) is 4.31 Å². The van der Waals surface area contributed by atoms with E-state index in [0.29, 0.717) is 12.0 Å². The topological polar surface area (TPSA) is 57.6 Å². The summed E-state index contributed by atoms with van der Waals surface area (Å²) in [6, 6.07) is 2.88. The molecule has 0 saturated heterocycles. The average molecular weight is 322 g/mol. The summed E-state index contributed by atoms with van der Waals surface area (Å²) in [5, 5.41) is 8.67. The highest BCUT2D eigenvalue weighted by Crippen LogP contribution is 2.32. The minimum absolute atomic E-state index is 0.0227. The molecule has 0 aliphatic rings. The minimum Gasteiger partial charge on any atom is -0.395 e. The van der Waals surface area contributed by atoms with Gasteiger partial charge in [0, 0.05) is 26.1 Å². The Hall–Kier alpha value is -0.770. The highest BCUT2D eigenvalue weighted by molar-refractivity contribution is 7.89. The normalized spacial score (nSPS) is 11.3. The maximum absolute atomic E-state index is 12.0. The second kappa shape index (κ2) is 6.60. The lowest BCUT2D eigenvalue weighted by molar-refractivity contribution is 0.305. The molecule has 104 valence electrons. The Morgan fingerprint density at radius 1 is 1.26 bits per heavy atom. The molecular formula is C12H13Cl2NO3S. The van der Waals surface area contributed by atoms with Crippen molar-refractivity contribution in [2.24, 2.45) is 0 Å². The van der Waals surface area contributed by atoms with Crippen molar-refractivity contribution >= 4 is 33.2 Å². The molecule has 7 heteroatoms. The van der Waals surface area contributed by atoms with Crippen LogP contribution in [0.3, 0.4) is 0 Å². The Balaban J connectivity index is 3.32. The summed E-state index contributed by atoms with van der Waals surface area (Å²) < 4.78 is 25.1. The van der Waals surface area contributed by atoms with Gasteiger partial charge in [-0.15, -0.1) is 0 Å². The number of nitrogens with zero attached hydrogens (tertiary/aromatic N) is 1. The number of benzene rings is 1. The van der Waals surface area contributed by atoms with E-state index in [2.05, 4.69) is 11.8 Å². The molecule has 0 amide bonds. The summed E-state index contributed by atoms with van der Waals surface area (Å²) in [5.41, 5.74) is 0.501. The summed E-state index contributed by atoms with van der Waals surface area (Å²) in [5.74, 6) is 5.46. The van der Waals surface area contributed by atoms with Gasteiger partial charge in [-0.25, -0.2) is 12.7 Å². The maximum Gasteiger partial charge on any atom is 0.245 e. The van der Waals surface area contributed by atoms with Gasteiger partial charge in [-0.3, -0.25) is 0 Å². The van der Waals surface area contributed by atoms with Crippen LogP contribution in [0.5, 0.6) is 0 Å². The van der Waals surface area contributed by atoms with E-state index in [1.807, 2.05) is 0 Å². The van der Waals surface area contributed by atoms with E-state index in [-0.39, 0.29) is 21.5 Å². The van der Waals surface area contributed by atoms with Crippen molar-refractivity contribution in [3.63, 3.8) is 0 Å². The van der Waals surface area contributed by atoms with E-state index in [1.165, 1.54) is 26.2 Å². The Kier molecular flexibility index (Phi) is 5.65. The zero-order valence-electron chi connectivity index (χ0n) is 10.4. The van der Waals surface area contributed by atoms with E-state index in [0.717, 1.165) is 4.31 Å². The van der Waals surface area contributed by atoms with Gasteiger partial charge in [0.15, 0.2) is 0 Å². The van der Waals surface area contributed by atoms with E-state index < -0.39 is 10.0 Å². The number of hydrogen-bond donors (Lipinski definition) is 1. The van der Waals surface area contributed by atoms with Crippen molar-refractivity contribution in [1.29, 1.82) is 0 Å². The molecule has 0 aliphatic heterocycles. The third kappa shape index (κ3) is 3.85. The molecule has 4 nitrogen and oxygen atoms in total. The third-order valence-electron chi connectivity index (χ3n) is 2.21. The van der Waals surface area contributed by atoms with Gasteiger partial charge in [-0.1, -0.05) is 35.0 Å². The molecule has 0 radical (unpaired) electrons. The first-order valence-electron chi connectivity index (χ1n) is 5.32. The van der Waals surface area contributed by atoms with Crippen LogP contribution in [-0.2, 0) is 10.0 Å². The number of sulfonamides is 1. The van der Waals surface area contributed by atoms with Crippen molar-refractivity contribution in [2.75, 3.05) is 20.7 Å². The largest absolute Gasteiger partial charge is 0.395 e. The molecular weight excluding hydrogens is 309 g/mol. The van der Waals surface area contributed by atoms with E-state index in [1.54, 1.807) is 0 Å². The lowest BCUT2D eigenvalue weighted by atomic mass is 10.2. The van der Waals surface area contributed by atoms with Crippen molar-refractivity contribution < 1.29 is 13.5 Å². The van der Waals surface area contributed by atoms with Crippen LogP contribution in [-0.4, -0.2) is 38.5 Å². The fourth-order valence-electron chi connectivity index (χ4n) is 1.28. The quantitative estimate of drug-likeness (QED) is 0.866. The number of rotatable bonds is 3. The average Bonchev–Trinajstić information content (AvgIpc) is 2.27. The summed E-state index contributed by atoms with van der Waals surface area (Å²) in [7, 11) is -0.899. The first-order valence-corrected chi connectivity index (χ1v) is 7.51. The van der Waals surface area contributed by atoms with Crippen LogP contribution in [0.1, 0.15) is 12.0 Å². The van der Waals surface area contributed by atoms with Crippen LogP contribution in [0.15, 0.2) is 17.0 Å². The number of halogens is 2. The Labute approximate surface area is 123 Å². The molecule has 1 N–H and O–H groups in total. The van der Waals surface area contributed by atoms with Gasteiger partial charge in [0.1, 0.15) is 4.90 Å². The molecule has 1 aromatic carbocycles. The van der Waals surface area contributed by atoms with Gasteiger partial charge in [0.05, 0.1) is 16.7 Å². The Morgan fingerprint density at radius 3 is 2.21 bits per heavy atom. The standard InChI is InChI=1S/C12H13Cl2NO3S/c1-15(2)19(17,18)12-10(13)7-9(8-11(12)14)5-3-4-6-16/h7-8,16H,4,6H2,1-2H3. The van der Waals surface area contributed by atoms with E-state index in [4.69, 9.17) is 28.3 Å². The van der Waals surface area contributed by atoms with Crippen molar-refractivity contribution in [3.05, 3.63) is 27.7 Å². The van der Waals surface area contributed by atoms with Crippen molar-refractivity contribution in [2.45, 2.75) is 11.3 Å². The zero-order valence-corrected chi connectivity index (χ0v) is 12.8. The Bertz CT molecular complexity index is 607. The SMILES string of the molecule is CN(C)S(=O)(=O)c1c(Cl)cc(C#CCCO)cc1Cl. The molecule has 0 unspecified atom stereocenters.